The van der Waals surface area contributed by atoms with Crippen LogP contribution >= 0.6 is 0 Å². The fraction of sp³-hybridized carbons (Fsp3) is 0.714. The van der Waals surface area contributed by atoms with Crippen molar-refractivity contribution in [2.24, 2.45) is 0 Å². The van der Waals surface area contributed by atoms with E-state index < -0.39 is 26.8 Å². The Labute approximate surface area is 77.2 Å². The molecule has 0 aliphatic heterocycles. The molecule has 0 aliphatic carbocycles. The number of rotatable bonds is 4. The van der Waals surface area contributed by atoms with Gasteiger partial charge in [-0.15, -0.1) is 0 Å². The number of sulfone groups is 1. The largest absolute Gasteiger partial charge is 0.469 e. The zero-order valence-electron chi connectivity index (χ0n) is 7.48. The third kappa shape index (κ3) is 3.90. The molecule has 0 aliphatic rings. The minimum absolute atomic E-state index is 0.208. The van der Waals surface area contributed by atoms with Crippen molar-refractivity contribution in [1.29, 1.82) is 5.26 Å². The lowest BCUT2D eigenvalue weighted by atomic mass is 10.3. The molecule has 1 atom stereocenters. The number of carbonyl (C=O) groups excluding carboxylic acids is 1. The third-order valence-electron chi connectivity index (χ3n) is 1.56. The van der Waals surface area contributed by atoms with Gasteiger partial charge in [0.25, 0.3) is 0 Å². The second kappa shape index (κ2) is 4.82. The van der Waals surface area contributed by atoms with Crippen molar-refractivity contribution in [2.75, 3.05) is 12.9 Å². The van der Waals surface area contributed by atoms with Gasteiger partial charge in [-0.05, 0) is 6.92 Å². The molecule has 0 radical (unpaired) electrons. The van der Waals surface area contributed by atoms with Crippen LogP contribution in [-0.4, -0.2) is 32.5 Å². The van der Waals surface area contributed by atoms with Crippen molar-refractivity contribution in [1.82, 2.24) is 0 Å². The van der Waals surface area contributed by atoms with Gasteiger partial charge in [0, 0.05) is 0 Å². The third-order valence-corrected chi connectivity index (χ3v) is 3.48. The summed E-state index contributed by atoms with van der Waals surface area (Å²) in [6.07, 6.45) is -0.208. The fourth-order valence-corrected chi connectivity index (χ4v) is 1.53. The SMILES string of the molecule is COC(=O)CC(C)S(=O)(=O)CC#N. The Kier molecular flexibility index (Phi) is 4.42. The van der Waals surface area contributed by atoms with Crippen molar-refractivity contribution < 1.29 is 17.9 Å². The molecule has 74 valence electrons. The Hall–Kier alpha value is -1.09. The fourth-order valence-electron chi connectivity index (χ4n) is 0.677. The molecule has 6 heteroatoms. The van der Waals surface area contributed by atoms with Crippen LogP contribution in [0.1, 0.15) is 13.3 Å². The number of hydrogen-bond donors (Lipinski definition) is 0. The average molecular weight is 205 g/mol. The molecular weight excluding hydrogens is 194 g/mol. The van der Waals surface area contributed by atoms with Gasteiger partial charge in [0.2, 0.25) is 0 Å². The monoisotopic (exact) mass is 205 g/mol. The van der Waals surface area contributed by atoms with Gasteiger partial charge >= 0.3 is 5.97 Å². The summed E-state index contributed by atoms with van der Waals surface area (Å²) >= 11 is 0. The van der Waals surface area contributed by atoms with Crippen LogP contribution in [0.15, 0.2) is 0 Å². The van der Waals surface area contributed by atoms with Gasteiger partial charge in [-0.3, -0.25) is 4.79 Å². The van der Waals surface area contributed by atoms with E-state index in [-0.39, 0.29) is 6.42 Å². The Balaban J connectivity index is 4.36. The summed E-state index contributed by atoms with van der Waals surface area (Å²) in [5, 5.41) is 7.34. The lowest BCUT2D eigenvalue weighted by Crippen LogP contribution is -2.23. The molecule has 0 aromatic carbocycles. The molecule has 0 fully saturated rings. The molecule has 1 unspecified atom stereocenters. The number of nitriles is 1. The van der Waals surface area contributed by atoms with Gasteiger partial charge in [-0.25, -0.2) is 8.42 Å². The number of nitrogens with zero attached hydrogens (tertiary/aromatic N) is 1. The van der Waals surface area contributed by atoms with Crippen LogP contribution in [0.5, 0.6) is 0 Å². The topological polar surface area (TPSA) is 84.2 Å². The zero-order chi connectivity index (χ0) is 10.5. The summed E-state index contributed by atoms with van der Waals surface area (Å²) in [7, 11) is -2.29. The molecule has 0 saturated carbocycles. The standard InChI is InChI=1S/C7H11NO4S/c1-6(5-7(9)12-2)13(10,11)4-3-8/h6H,4-5H2,1-2H3. The normalized spacial score (nSPS) is 13.0. The molecule has 0 bridgehead atoms. The van der Waals surface area contributed by atoms with Crippen LogP contribution in [0.25, 0.3) is 0 Å². The lowest BCUT2D eigenvalue weighted by Gasteiger charge is -2.07. The number of methoxy groups -OCH3 is 1. The van der Waals surface area contributed by atoms with Gasteiger partial charge < -0.3 is 4.74 Å². The number of esters is 1. The minimum Gasteiger partial charge on any atom is -0.469 e. The van der Waals surface area contributed by atoms with E-state index in [9.17, 15) is 13.2 Å². The highest BCUT2D eigenvalue weighted by Crippen LogP contribution is 2.06. The Morgan fingerprint density at radius 1 is 1.62 bits per heavy atom. The summed E-state index contributed by atoms with van der Waals surface area (Å²) in [6, 6.07) is 1.54. The van der Waals surface area contributed by atoms with E-state index in [1.54, 1.807) is 6.07 Å². The second-order valence-corrected chi connectivity index (χ2v) is 4.98. The quantitative estimate of drug-likeness (QED) is 0.597. The highest BCUT2D eigenvalue weighted by atomic mass is 32.2. The Morgan fingerprint density at radius 2 is 2.15 bits per heavy atom. The Bertz CT molecular complexity index is 314. The van der Waals surface area contributed by atoms with Crippen molar-refractivity contribution in [2.45, 2.75) is 18.6 Å². The van der Waals surface area contributed by atoms with Crippen molar-refractivity contribution in [3.05, 3.63) is 0 Å². The molecule has 0 saturated heterocycles. The lowest BCUT2D eigenvalue weighted by molar-refractivity contribution is -0.140. The van der Waals surface area contributed by atoms with Crippen LogP contribution in [-0.2, 0) is 19.4 Å². The van der Waals surface area contributed by atoms with Crippen molar-refractivity contribution >= 4 is 15.8 Å². The predicted octanol–water partition coefficient (Wildman–Crippen LogP) is -0.124. The molecule has 5 nitrogen and oxygen atoms in total. The predicted molar refractivity (Wildman–Crippen MR) is 45.5 cm³/mol. The van der Waals surface area contributed by atoms with Gasteiger partial charge in [-0.1, -0.05) is 0 Å². The van der Waals surface area contributed by atoms with Crippen LogP contribution in [0.4, 0.5) is 0 Å². The summed E-state index contributed by atoms with van der Waals surface area (Å²) < 4.78 is 26.6. The van der Waals surface area contributed by atoms with Gasteiger partial charge in [0.1, 0.15) is 5.75 Å². The summed E-state index contributed by atoms with van der Waals surface area (Å²) in [6.45, 7) is 1.38. The highest BCUT2D eigenvalue weighted by Gasteiger charge is 2.23. The molecule has 0 aromatic rings. The molecule has 0 spiro atoms. The first kappa shape index (κ1) is 11.9. The van der Waals surface area contributed by atoms with E-state index in [0.717, 1.165) is 0 Å². The van der Waals surface area contributed by atoms with Crippen LogP contribution in [0, 0.1) is 11.3 Å². The van der Waals surface area contributed by atoms with Crippen molar-refractivity contribution in [3.8, 4) is 6.07 Å². The maximum atomic E-state index is 11.2. The van der Waals surface area contributed by atoms with Crippen LogP contribution < -0.4 is 0 Å². The molecule has 0 heterocycles. The minimum atomic E-state index is -3.48. The average Bonchev–Trinajstić information content (AvgIpc) is 2.04. The van der Waals surface area contributed by atoms with E-state index in [2.05, 4.69) is 4.74 Å². The summed E-state index contributed by atoms with van der Waals surface area (Å²) in [5.74, 6) is -1.15. The van der Waals surface area contributed by atoms with Gasteiger partial charge in [0.05, 0.1) is 24.8 Å². The number of ether oxygens (including phenoxy) is 1. The van der Waals surface area contributed by atoms with Crippen LogP contribution in [0.2, 0.25) is 0 Å². The van der Waals surface area contributed by atoms with E-state index in [0.29, 0.717) is 0 Å². The molecule has 0 aromatic heterocycles. The first-order valence-corrected chi connectivity index (χ1v) is 5.31. The number of carbonyl (C=O) groups is 1. The maximum absolute atomic E-state index is 11.2. The maximum Gasteiger partial charge on any atom is 0.306 e. The van der Waals surface area contributed by atoms with Crippen molar-refractivity contribution in [3.63, 3.8) is 0 Å². The summed E-state index contributed by atoms with van der Waals surface area (Å²) in [5.41, 5.74) is 0. The smallest absolute Gasteiger partial charge is 0.306 e. The van der Waals surface area contributed by atoms with E-state index >= 15 is 0 Å². The van der Waals surface area contributed by atoms with Crippen LogP contribution in [0.3, 0.4) is 0 Å². The Morgan fingerprint density at radius 3 is 2.54 bits per heavy atom. The molecule has 13 heavy (non-hydrogen) atoms. The molecular formula is C7H11NO4S. The first-order chi connectivity index (χ1) is 5.94. The highest BCUT2D eigenvalue weighted by molar-refractivity contribution is 7.92. The summed E-state index contributed by atoms with van der Waals surface area (Å²) in [4.78, 5) is 10.7. The first-order valence-electron chi connectivity index (χ1n) is 3.59. The molecule has 0 amide bonds. The van der Waals surface area contributed by atoms with Gasteiger partial charge in [-0.2, -0.15) is 5.26 Å². The zero-order valence-corrected chi connectivity index (χ0v) is 8.30. The van der Waals surface area contributed by atoms with E-state index in [1.807, 2.05) is 0 Å². The molecule has 0 N–H and O–H groups in total. The molecule has 0 rings (SSSR count). The van der Waals surface area contributed by atoms with E-state index in [1.165, 1.54) is 14.0 Å². The van der Waals surface area contributed by atoms with E-state index in [4.69, 9.17) is 5.26 Å². The van der Waals surface area contributed by atoms with Gasteiger partial charge in [0.15, 0.2) is 9.84 Å². The number of hydrogen-bond acceptors (Lipinski definition) is 5. The second-order valence-electron chi connectivity index (χ2n) is 2.56.